The molecule has 1 N–H and O–H groups in total. The number of benzene rings is 1. The van der Waals surface area contributed by atoms with Gasteiger partial charge in [-0.05, 0) is 18.1 Å². The zero-order chi connectivity index (χ0) is 11.4. The number of para-hydroxylation sites is 1. The van der Waals surface area contributed by atoms with Crippen LogP contribution in [0.3, 0.4) is 0 Å². The van der Waals surface area contributed by atoms with Crippen LogP contribution in [-0.2, 0) is 0 Å². The van der Waals surface area contributed by atoms with Gasteiger partial charge < -0.3 is 10.1 Å². The third kappa shape index (κ3) is 2.16. The molecule has 0 saturated heterocycles. The number of fused-ring (bicyclic) bond motifs is 1. The Labute approximate surface area is 98.0 Å². The lowest BCUT2D eigenvalue weighted by Crippen LogP contribution is -2.01. The van der Waals surface area contributed by atoms with E-state index in [-0.39, 0.29) is 0 Å². The highest BCUT2D eigenvalue weighted by atomic mass is 16.5. The molecule has 0 spiro atoms. The molecule has 1 unspecified atom stereocenters. The van der Waals surface area contributed by atoms with Crippen molar-refractivity contribution in [3.05, 3.63) is 23.8 Å². The van der Waals surface area contributed by atoms with E-state index in [1.807, 2.05) is 6.07 Å². The molecule has 16 heavy (non-hydrogen) atoms. The molecular formula is C14H21NO. The van der Waals surface area contributed by atoms with Crippen molar-refractivity contribution in [2.45, 2.75) is 38.5 Å². The maximum absolute atomic E-state index is 5.37. The smallest absolute Gasteiger partial charge is 0.142 e. The highest BCUT2D eigenvalue weighted by Crippen LogP contribution is 2.40. The molecule has 88 valence electrons. The van der Waals surface area contributed by atoms with E-state index in [2.05, 4.69) is 24.4 Å². The Kier molecular flexibility index (Phi) is 3.70. The summed E-state index contributed by atoms with van der Waals surface area (Å²) in [5.74, 6) is 1.66. The van der Waals surface area contributed by atoms with Crippen LogP contribution in [0.25, 0.3) is 0 Å². The molecule has 2 rings (SSSR count). The van der Waals surface area contributed by atoms with Crippen molar-refractivity contribution in [1.29, 1.82) is 0 Å². The molecule has 1 aromatic rings. The molecule has 1 aliphatic rings. The summed E-state index contributed by atoms with van der Waals surface area (Å²) in [5, 5.41) is 3.47. The van der Waals surface area contributed by atoms with Crippen molar-refractivity contribution in [2.75, 3.05) is 19.0 Å². The Hall–Kier alpha value is -1.18. The van der Waals surface area contributed by atoms with E-state index in [0.29, 0.717) is 5.92 Å². The molecule has 1 aliphatic heterocycles. The van der Waals surface area contributed by atoms with E-state index in [1.54, 1.807) is 7.11 Å². The van der Waals surface area contributed by atoms with Crippen LogP contribution in [0.15, 0.2) is 18.2 Å². The Balaban J connectivity index is 2.08. The Bertz CT molecular complexity index is 349. The molecule has 0 saturated carbocycles. The summed E-state index contributed by atoms with van der Waals surface area (Å²) in [6, 6.07) is 6.35. The quantitative estimate of drug-likeness (QED) is 0.761. The molecule has 0 bridgehead atoms. The van der Waals surface area contributed by atoms with Gasteiger partial charge in [-0.2, -0.15) is 0 Å². The average molecular weight is 219 g/mol. The minimum atomic E-state index is 0.677. The Morgan fingerprint density at radius 3 is 3.00 bits per heavy atom. The summed E-state index contributed by atoms with van der Waals surface area (Å²) < 4.78 is 5.37. The van der Waals surface area contributed by atoms with Gasteiger partial charge in [0, 0.05) is 12.5 Å². The van der Waals surface area contributed by atoms with Crippen LogP contribution < -0.4 is 10.1 Å². The van der Waals surface area contributed by atoms with Gasteiger partial charge in [-0.1, -0.05) is 38.3 Å². The van der Waals surface area contributed by atoms with Gasteiger partial charge in [-0.3, -0.25) is 0 Å². The normalized spacial score (nSPS) is 18.0. The Morgan fingerprint density at radius 1 is 1.38 bits per heavy atom. The first-order valence-corrected chi connectivity index (χ1v) is 6.27. The van der Waals surface area contributed by atoms with Crippen molar-refractivity contribution in [3.63, 3.8) is 0 Å². The van der Waals surface area contributed by atoms with Crippen LogP contribution in [0.2, 0.25) is 0 Å². The predicted octanol–water partition coefficient (Wildman–Crippen LogP) is 3.78. The Morgan fingerprint density at radius 2 is 2.25 bits per heavy atom. The monoisotopic (exact) mass is 219 g/mol. The van der Waals surface area contributed by atoms with Gasteiger partial charge in [0.25, 0.3) is 0 Å². The van der Waals surface area contributed by atoms with Crippen LogP contribution >= 0.6 is 0 Å². The molecule has 2 nitrogen and oxygen atoms in total. The van der Waals surface area contributed by atoms with E-state index in [1.165, 1.54) is 36.9 Å². The van der Waals surface area contributed by atoms with Crippen LogP contribution in [-0.4, -0.2) is 13.7 Å². The molecule has 0 fully saturated rings. The van der Waals surface area contributed by atoms with Crippen molar-refractivity contribution < 1.29 is 4.74 Å². The summed E-state index contributed by atoms with van der Waals surface area (Å²) in [6.07, 6.45) is 5.27. The zero-order valence-corrected chi connectivity index (χ0v) is 10.3. The van der Waals surface area contributed by atoms with Gasteiger partial charge in [-0.15, -0.1) is 0 Å². The second-order valence-electron chi connectivity index (χ2n) is 4.50. The highest BCUT2D eigenvalue weighted by molar-refractivity contribution is 5.66. The third-order valence-corrected chi connectivity index (χ3v) is 3.40. The number of methoxy groups -OCH3 is 1. The van der Waals surface area contributed by atoms with Crippen molar-refractivity contribution in [1.82, 2.24) is 0 Å². The second-order valence-corrected chi connectivity index (χ2v) is 4.50. The highest BCUT2D eigenvalue weighted by Gasteiger charge is 2.23. The van der Waals surface area contributed by atoms with Crippen molar-refractivity contribution >= 4 is 5.69 Å². The number of nitrogens with one attached hydrogen (secondary N) is 1. The summed E-state index contributed by atoms with van der Waals surface area (Å²) in [4.78, 5) is 0. The minimum absolute atomic E-state index is 0.677. The molecule has 2 heteroatoms. The fourth-order valence-corrected chi connectivity index (χ4v) is 2.48. The predicted molar refractivity (Wildman–Crippen MR) is 68.4 cm³/mol. The zero-order valence-electron chi connectivity index (χ0n) is 10.3. The molecular weight excluding hydrogens is 198 g/mol. The van der Waals surface area contributed by atoms with E-state index in [0.717, 1.165) is 12.3 Å². The van der Waals surface area contributed by atoms with Crippen LogP contribution in [0.1, 0.15) is 44.1 Å². The summed E-state index contributed by atoms with van der Waals surface area (Å²) in [7, 11) is 1.74. The van der Waals surface area contributed by atoms with Crippen molar-refractivity contribution in [2.24, 2.45) is 0 Å². The van der Waals surface area contributed by atoms with E-state index in [9.17, 15) is 0 Å². The number of hydrogen-bond donors (Lipinski definition) is 1. The lowest BCUT2D eigenvalue weighted by Gasteiger charge is -2.10. The topological polar surface area (TPSA) is 21.3 Å². The molecule has 1 atom stereocenters. The first-order valence-electron chi connectivity index (χ1n) is 6.27. The summed E-state index contributed by atoms with van der Waals surface area (Å²) in [6.45, 7) is 3.32. The lowest BCUT2D eigenvalue weighted by molar-refractivity contribution is 0.416. The molecule has 1 aromatic carbocycles. The first-order chi connectivity index (χ1) is 7.86. The number of ether oxygens (including phenoxy) is 1. The van der Waals surface area contributed by atoms with E-state index in [4.69, 9.17) is 4.74 Å². The van der Waals surface area contributed by atoms with Crippen molar-refractivity contribution in [3.8, 4) is 5.75 Å². The number of rotatable bonds is 5. The van der Waals surface area contributed by atoms with Crippen LogP contribution in [0, 0.1) is 0 Å². The average Bonchev–Trinajstić information content (AvgIpc) is 2.73. The van der Waals surface area contributed by atoms with Gasteiger partial charge in [0.05, 0.1) is 12.8 Å². The van der Waals surface area contributed by atoms with Gasteiger partial charge in [0.2, 0.25) is 0 Å². The molecule has 0 aromatic heterocycles. The fourth-order valence-electron chi connectivity index (χ4n) is 2.48. The maximum atomic E-state index is 5.37. The first kappa shape index (κ1) is 11.3. The number of hydrogen-bond acceptors (Lipinski definition) is 2. The number of unbranched alkanes of at least 4 members (excludes halogenated alkanes) is 2. The summed E-state index contributed by atoms with van der Waals surface area (Å²) in [5.41, 5.74) is 2.65. The SMILES string of the molecule is CCCCCC1CNc2c(OC)cccc21. The van der Waals surface area contributed by atoms with Gasteiger partial charge in [0.1, 0.15) is 5.75 Å². The number of anilines is 1. The summed E-state index contributed by atoms with van der Waals surface area (Å²) >= 11 is 0. The van der Waals surface area contributed by atoms with E-state index >= 15 is 0 Å². The lowest BCUT2D eigenvalue weighted by atomic mass is 9.95. The van der Waals surface area contributed by atoms with Crippen LogP contribution in [0.5, 0.6) is 5.75 Å². The maximum Gasteiger partial charge on any atom is 0.142 e. The molecule has 0 radical (unpaired) electrons. The fraction of sp³-hybridized carbons (Fsp3) is 0.571. The van der Waals surface area contributed by atoms with Gasteiger partial charge >= 0.3 is 0 Å². The standard InChI is InChI=1S/C14H21NO/c1-3-4-5-7-11-10-15-14-12(11)8-6-9-13(14)16-2/h6,8-9,11,15H,3-5,7,10H2,1-2H3. The van der Waals surface area contributed by atoms with Gasteiger partial charge in [-0.25, -0.2) is 0 Å². The van der Waals surface area contributed by atoms with E-state index < -0.39 is 0 Å². The molecule has 0 aliphatic carbocycles. The van der Waals surface area contributed by atoms with Crippen LogP contribution in [0.4, 0.5) is 5.69 Å². The molecule has 1 heterocycles. The molecule has 0 amide bonds. The van der Waals surface area contributed by atoms with Gasteiger partial charge in [0.15, 0.2) is 0 Å². The largest absolute Gasteiger partial charge is 0.495 e. The second kappa shape index (κ2) is 5.24. The minimum Gasteiger partial charge on any atom is -0.495 e. The third-order valence-electron chi connectivity index (χ3n) is 3.40.